The third-order valence-electron chi connectivity index (χ3n) is 4.12. The number of anilines is 1. The fourth-order valence-corrected chi connectivity index (χ4v) is 2.16. The van der Waals surface area contributed by atoms with E-state index in [0.29, 0.717) is 5.69 Å². The highest BCUT2D eigenvalue weighted by Gasteiger charge is 2.19. The summed E-state index contributed by atoms with van der Waals surface area (Å²) in [5.74, 6) is -0.362. The number of nitrogens with one attached hydrogen (secondary N) is 1. The number of hydrogen-bond donors (Lipinski definition) is 1. The fourth-order valence-electron chi connectivity index (χ4n) is 2.16. The number of carbonyl (C=O) groups is 2. The molecule has 1 aromatic carbocycles. The van der Waals surface area contributed by atoms with E-state index in [1.165, 1.54) is 11.8 Å². The molecular formula is C17H22N4O2. The van der Waals surface area contributed by atoms with Crippen LogP contribution >= 0.6 is 0 Å². The zero-order valence-corrected chi connectivity index (χ0v) is 14.1. The van der Waals surface area contributed by atoms with Crippen molar-refractivity contribution in [1.82, 2.24) is 14.5 Å². The lowest BCUT2D eigenvalue weighted by Crippen LogP contribution is -2.42. The highest BCUT2D eigenvalue weighted by molar-refractivity contribution is 5.96. The number of likely N-dealkylation sites (N-methyl/N-ethyl adjacent to an activating group) is 1. The first-order valence-corrected chi connectivity index (χ1v) is 7.46. The van der Waals surface area contributed by atoms with Crippen molar-refractivity contribution in [2.24, 2.45) is 0 Å². The van der Waals surface area contributed by atoms with Crippen LogP contribution in [0.5, 0.6) is 0 Å². The molecule has 0 spiro atoms. The standard InChI is InChI=1S/C17H22N4O2/c1-11-12(2)21(10-18-11)16-8-6-15(7-9-16)19-17(23)13(3)20(5)14(4)22/h6-10,13H,1-5H3,(H,19,23). The molecule has 6 heteroatoms. The molecule has 0 fully saturated rings. The van der Waals surface area contributed by atoms with Crippen LogP contribution in [0.3, 0.4) is 0 Å². The van der Waals surface area contributed by atoms with E-state index in [2.05, 4.69) is 10.3 Å². The number of aromatic nitrogens is 2. The predicted molar refractivity (Wildman–Crippen MR) is 89.6 cm³/mol. The maximum Gasteiger partial charge on any atom is 0.246 e. The van der Waals surface area contributed by atoms with Crippen LogP contribution in [0.15, 0.2) is 30.6 Å². The first-order chi connectivity index (χ1) is 10.8. The summed E-state index contributed by atoms with van der Waals surface area (Å²) in [5.41, 5.74) is 3.74. The quantitative estimate of drug-likeness (QED) is 0.941. The Hall–Kier alpha value is -2.63. The van der Waals surface area contributed by atoms with Crippen LogP contribution in [0.25, 0.3) is 5.69 Å². The van der Waals surface area contributed by atoms with Gasteiger partial charge in [0.25, 0.3) is 0 Å². The first kappa shape index (κ1) is 16.7. The highest BCUT2D eigenvalue weighted by Crippen LogP contribution is 2.17. The summed E-state index contributed by atoms with van der Waals surface area (Å²) in [6.07, 6.45) is 1.78. The molecule has 0 aliphatic heterocycles. The molecule has 122 valence electrons. The van der Waals surface area contributed by atoms with E-state index in [-0.39, 0.29) is 11.8 Å². The van der Waals surface area contributed by atoms with Crippen molar-refractivity contribution in [3.63, 3.8) is 0 Å². The summed E-state index contributed by atoms with van der Waals surface area (Å²) in [7, 11) is 1.61. The summed E-state index contributed by atoms with van der Waals surface area (Å²) in [6.45, 7) is 7.11. The Labute approximate surface area is 136 Å². The van der Waals surface area contributed by atoms with E-state index >= 15 is 0 Å². The molecule has 1 unspecified atom stereocenters. The van der Waals surface area contributed by atoms with Gasteiger partial charge in [-0.15, -0.1) is 0 Å². The molecule has 1 heterocycles. The molecule has 2 amide bonds. The zero-order valence-electron chi connectivity index (χ0n) is 14.1. The van der Waals surface area contributed by atoms with Crippen molar-refractivity contribution >= 4 is 17.5 Å². The Bertz CT molecular complexity index is 719. The topological polar surface area (TPSA) is 67.2 Å². The second-order valence-corrected chi connectivity index (χ2v) is 5.63. The van der Waals surface area contributed by atoms with Gasteiger partial charge in [-0.25, -0.2) is 4.98 Å². The van der Waals surface area contributed by atoms with E-state index in [4.69, 9.17) is 0 Å². The normalized spacial score (nSPS) is 11.9. The monoisotopic (exact) mass is 314 g/mol. The number of benzene rings is 1. The number of nitrogens with zero attached hydrogens (tertiary/aromatic N) is 3. The van der Waals surface area contributed by atoms with Gasteiger partial charge in [-0.2, -0.15) is 0 Å². The largest absolute Gasteiger partial charge is 0.334 e. The average molecular weight is 314 g/mol. The summed E-state index contributed by atoms with van der Waals surface area (Å²) in [4.78, 5) is 29.1. The lowest BCUT2D eigenvalue weighted by atomic mass is 10.2. The second-order valence-electron chi connectivity index (χ2n) is 5.63. The average Bonchev–Trinajstić information content (AvgIpc) is 2.86. The van der Waals surface area contributed by atoms with Gasteiger partial charge in [0.2, 0.25) is 11.8 Å². The second kappa shape index (κ2) is 6.64. The molecule has 1 atom stereocenters. The molecule has 1 aromatic heterocycles. The third-order valence-corrected chi connectivity index (χ3v) is 4.12. The van der Waals surface area contributed by atoms with E-state index in [1.807, 2.05) is 42.7 Å². The van der Waals surface area contributed by atoms with Crippen molar-refractivity contribution in [3.8, 4) is 5.69 Å². The predicted octanol–water partition coefficient (Wildman–Crippen LogP) is 2.29. The number of rotatable bonds is 4. The number of imidazole rings is 1. The highest BCUT2D eigenvalue weighted by atomic mass is 16.2. The smallest absolute Gasteiger partial charge is 0.246 e. The van der Waals surface area contributed by atoms with Crippen LogP contribution in [0, 0.1) is 13.8 Å². The van der Waals surface area contributed by atoms with Gasteiger partial charge in [-0.3, -0.25) is 9.59 Å². The zero-order chi connectivity index (χ0) is 17.1. The minimum absolute atomic E-state index is 0.144. The molecule has 23 heavy (non-hydrogen) atoms. The Morgan fingerprint density at radius 1 is 1.22 bits per heavy atom. The van der Waals surface area contributed by atoms with Crippen molar-refractivity contribution in [1.29, 1.82) is 0 Å². The van der Waals surface area contributed by atoms with Crippen LogP contribution in [0.4, 0.5) is 5.69 Å². The molecule has 0 radical (unpaired) electrons. The van der Waals surface area contributed by atoms with Gasteiger partial charge in [0.15, 0.2) is 0 Å². The summed E-state index contributed by atoms with van der Waals surface area (Å²) in [5, 5.41) is 2.82. The minimum Gasteiger partial charge on any atom is -0.334 e. The number of carbonyl (C=O) groups excluding carboxylic acids is 2. The maximum absolute atomic E-state index is 12.2. The first-order valence-electron chi connectivity index (χ1n) is 7.46. The van der Waals surface area contributed by atoms with Crippen LogP contribution in [0.2, 0.25) is 0 Å². The van der Waals surface area contributed by atoms with Crippen LogP contribution in [0.1, 0.15) is 25.2 Å². The molecule has 6 nitrogen and oxygen atoms in total. The van der Waals surface area contributed by atoms with Crippen LogP contribution in [-0.2, 0) is 9.59 Å². The lowest BCUT2D eigenvalue weighted by molar-refractivity contribution is -0.134. The fraction of sp³-hybridized carbons (Fsp3) is 0.353. The Morgan fingerprint density at radius 2 is 1.83 bits per heavy atom. The number of amides is 2. The molecule has 0 bridgehead atoms. The van der Waals surface area contributed by atoms with Crippen LogP contribution < -0.4 is 5.32 Å². The van der Waals surface area contributed by atoms with Crippen molar-refractivity contribution in [2.75, 3.05) is 12.4 Å². The van der Waals surface area contributed by atoms with Gasteiger partial charge in [-0.05, 0) is 45.0 Å². The summed E-state index contributed by atoms with van der Waals surface area (Å²) in [6, 6.07) is 6.99. The van der Waals surface area contributed by atoms with Crippen LogP contribution in [-0.4, -0.2) is 39.4 Å². The molecule has 2 aromatic rings. The van der Waals surface area contributed by atoms with Gasteiger partial charge >= 0.3 is 0 Å². The van der Waals surface area contributed by atoms with Crippen molar-refractivity contribution in [3.05, 3.63) is 42.0 Å². The maximum atomic E-state index is 12.2. The molecule has 2 rings (SSSR count). The van der Waals surface area contributed by atoms with Gasteiger partial charge in [0.1, 0.15) is 6.04 Å². The molecule has 0 aliphatic rings. The Morgan fingerprint density at radius 3 is 2.30 bits per heavy atom. The Kier molecular flexibility index (Phi) is 4.83. The van der Waals surface area contributed by atoms with Gasteiger partial charge in [-0.1, -0.05) is 0 Å². The number of hydrogen-bond acceptors (Lipinski definition) is 3. The van der Waals surface area contributed by atoms with Gasteiger partial charge in [0, 0.05) is 31.0 Å². The summed E-state index contributed by atoms with van der Waals surface area (Å²) >= 11 is 0. The van der Waals surface area contributed by atoms with E-state index in [9.17, 15) is 9.59 Å². The van der Waals surface area contributed by atoms with E-state index in [0.717, 1.165) is 17.1 Å². The third kappa shape index (κ3) is 3.59. The minimum atomic E-state index is -0.522. The van der Waals surface area contributed by atoms with Gasteiger partial charge < -0.3 is 14.8 Å². The Balaban J connectivity index is 2.10. The van der Waals surface area contributed by atoms with Crippen molar-refractivity contribution in [2.45, 2.75) is 33.7 Å². The van der Waals surface area contributed by atoms with Gasteiger partial charge in [0.05, 0.1) is 12.0 Å². The van der Waals surface area contributed by atoms with E-state index < -0.39 is 6.04 Å². The molecular weight excluding hydrogens is 292 g/mol. The summed E-state index contributed by atoms with van der Waals surface area (Å²) < 4.78 is 1.99. The molecule has 0 aliphatic carbocycles. The molecule has 0 saturated carbocycles. The molecule has 1 N–H and O–H groups in total. The lowest BCUT2D eigenvalue weighted by Gasteiger charge is -2.22. The molecule has 0 saturated heterocycles. The van der Waals surface area contributed by atoms with E-state index in [1.54, 1.807) is 20.3 Å². The SMILES string of the molecule is CC(=O)N(C)C(C)C(=O)Nc1ccc(-n2cnc(C)c2C)cc1. The number of aryl methyl sites for hydroxylation is 1. The van der Waals surface area contributed by atoms with Crippen molar-refractivity contribution < 1.29 is 9.59 Å².